The van der Waals surface area contributed by atoms with E-state index in [1.165, 1.54) is 0 Å². The van der Waals surface area contributed by atoms with E-state index in [9.17, 15) is 0 Å². The van der Waals surface area contributed by atoms with Gasteiger partial charge in [0.05, 0.1) is 0 Å². The molecule has 0 bridgehead atoms. The Kier molecular flexibility index (Phi) is 6.95. The summed E-state index contributed by atoms with van der Waals surface area (Å²) in [6.45, 7) is 14.1. The van der Waals surface area contributed by atoms with Crippen molar-refractivity contribution in [3.05, 3.63) is 73.4 Å². The second-order valence-corrected chi connectivity index (χ2v) is 4.52. The SMILES string of the molecule is C=C/C=C/C=C/C=C/C=C/C(=C)C(C)(C)C. The zero-order valence-corrected chi connectivity index (χ0v) is 10.6. The highest BCUT2D eigenvalue weighted by molar-refractivity contribution is 5.25. The average molecular weight is 214 g/mol. The van der Waals surface area contributed by atoms with E-state index in [4.69, 9.17) is 0 Å². The Morgan fingerprint density at radius 3 is 1.69 bits per heavy atom. The van der Waals surface area contributed by atoms with Gasteiger partial charge in [-0.25, -0.2) is 0 Å². The Labute approximate surface area is 100 Å². The number of hydrogen-bond acceptors (Lipinski definition) is 0. The van der Waals surface area contributed by atoms with Crippen molar-refractivity contribution in [3.8, 4) is 0 Å². The number of rotatable bonds is 5. The van der Waals surface area contributed by atoms with E-state index in [0.717, 1.165) is 5.57 Å². The van der Waals surface area contributed by atoms with Gasteiger partial charge < -0.3 is 0 Å². The molecule has 0 nitrogen and oxygen atoms in total. The molecule has 0 N–H and O–H groups in total. The molecular weight excluding hydrogens is 192 g/mol. The molecule has 0 saturated heterocycles. The second kappa shape index (κ2) is 7.70. The fraction of sp³-hybridized carbons (Fsp3) is 0.250. The van der Waals surface area contributed by atoms with Crippen molar-refractivity contribution in [3.63, 3.8) is 0 Å². The standard InChI is InChI=1S/C16H22/c1-6-7-8-9-10-11-12-13-14-15(2)16(3,4)5/h6-14H,1-2H2,3-5H3/b8-7+,10-9+,12-11+,14-13+. The molecule has 0 radical (unpaired) electrons. The van der Waals surface area contributed by atoms with Crippen LogP contribution in [0.3, 0.4) is 0 Å². The molecule has 0 heteroatoms. The summed E-state index contributed by atoms with van der Waals surface area (Å²) in [6, 6.07) is 0. The fourth-order valence-electron chi connectivity index (χ4n) is 0.821. The molecule has 0 unspecified atom stereocenters. The molecule has 0 fully saturated rings. The lowest BCUT2D eigenvalue weighted by Gasteiger charge is -2.18. The molecule has 86 valence electrons. The Morgan fingerprint density at radius 1 is 0.812 bits per heavy atom. The van der Waals surface area contributed by atoms with Crippen molar-refractivity contribution in [2.24, 2.45) is 5.41 Å². The van der Waals surface area contributed by atoms with Crippen LogP contribution in [0.25, 0.3) is 0 Å². The molecule has 0 aliphatic carbocycles. The van der Waals surface area contributed by atoms with E-state index in [1.54, 1.807) is 6.08 Å². The van der Waals surface area contributed by atoms with Crippen molar-refractivity contribution in [2.45, 2.75) is 20.8 Å². The zero-order valence-electron chi connectivity index (χ0n) is 10.6. The molecule has 0 aromatic carbocycles. The van der Waals surface area contributed by atoms with Crippen LogP contribution in [0, 0.1) is 5.41 Å². The summed E-state index contributed by atoms with van der Waals surface area (Å²) >= 11 is 0. The van der Waals surface area contributed by atoms with Crippen LogP contribution in [0.15, 0.2) is 73.4 Å². The van der Waals surface area contributed by atoms with Crippen LogP contribution in [-0.2, 0) is 0 Å². The number of allylic oxidation sites excluding steroid dienone is 10. The molecule has 0 aromatic rings. The van der Waals surface area contributed by atoms with Gasteiger partial charge in [-0.2, -0.15) is 0 Å². The molecule has 16 heavy (non-hydrogen) atoms. The monoisotopic (exact) mass is 214 g/mol. The van der Waals surface area contributed by atoms with Crippen LogP contribution in [0.4, 0.5) is 0 Å². The lowest BCUT2D eigenvalue weighted by atomic mass is 9.87. The van der Waals surface area contributed by atoms with Gasteiger partial charge in [0.2, 0.25) is 0 Å². The Morgan fingerprint density at radius 2 is 1.25 bits per heavy atom. The minimum absolute atomic E-state index is 0.146. The summed E-state index contributed by atoms with van der Waals surface area (Å²) < 4.78 is 0. The van der Waals surface area contributed by atoms with Crippen molar-refractivity contribution < 1.29 is 0 Å². The molecule has 0 rings (SSSR count). The van der Waals surface area contributed by atoms with E-state index in [0.29, 0.717) is 0 Å². The van der Waals surface area contributed by atoms with Gasteiger partial charge in [0.25, 0.3) is 0 Å². The maximum Gasteiger partial charge on any atom is -0.0138 e. The minimum atomic E-state index is 0.146. The molecule has 0 aliphatic rings. The summed E-state index contributed by atoms with van der Waals surface area (Å²) in [7, 11) is 0. The van der Waals surface area contributed by atoms with Crippen LogP contribution in [0.1, 0.15) is 20.8 Å². The summed E-state index contributed by atoms with van der Waals surface area (Å²) in [5.74, 6) is 0. The third-order valence-corrected chi connectivity index (χ3v) is 2.06. The van der Waals surface area contributed by atoms with E-state index in [-0.39, 0.29) is 5.41 Å². The Balaban J connectivity index is 4.06. The first-order chi connectivity index (χ1) is 7.48. The van der Waals surface area contributed by atoms with Crippen molar-refractivity contribution in [1.82, 2.24) is 0 Å². The van der Waals surface area contributed by atoms with Gasteiger partial charge in [-0.1, -0.05) is 88.6 Å². The first-order valence-corrected chi connectivity index (χ1v) is 5.47. The van der Waals surface area contributed by atoms with E-state index in [2.05, 4.69) is 33.9 Å². The normalized spacial score (nSPS) is 13.4. The summed E-state index contributed by atoms with van der Waals surface area (Å²) in [5, 5.41) is 0. The van der Waals surface area contributed by atoms with E-state index in [1.807, 2.05) is 48.6 Å². The molecule has 0 amide bonds. The summed E-state index contributed by atoms with van der Waals surface area (Å²) in [5.41, 5.74) is 1.28. The zero-order chi connectivity index (χ0) is 12.4. The molecular formula is C16H22. The Bertz CT molecular complexity index is 328. The third-order valence-electron chi connectivity index (χ3n) is 2.06. The van der Waals surface area contributed by atoms with Crippen LogP contribution in [-0.4, -0.2) is 0 Å². The minimum Gasteiger partial charge on any atom is -0.0991 e. The predicted octanol–water partition coefficient (Wildman–Crippen LogP) is 5.00. The van der Waals surface area contributed by atoms with Crippen LogP contribution in [0.2, 0.25) is 0 Å². The highest BCUT2D eigenvalue weighted by Gasteiger charge is 2.10. The van der Waals surface area contributed by atoms with Crippen LogP contribution < -0.4 is 0 Å². The highest BCUT2D eigenvalue weighted by Crippen LogP contribution is 2.23. The lowest BCUT2D eigenvalue weighted by molar-refractivity contribution is 0.519. The van der Waals surface area contributed by atoms with Gasteiger partial charge in [0.15, 0.2) is 0 Å². The maximum absolute atomic E-state index is 4.02. The van der Waals surface area contributed by atoms with Crippen molar-refractivity contribution >= 4 is 0 Å². The topological polar surface area (TPSA) is 0 Å². The molecule has 0 spiro atoms. The van der Waals surface area contributed by atoms with E-state index < -0.39 is 0 Å². The molecule has 0 saturated carbocycles. The molecule has 0 aromatic heterocycles. The fourth-order valence-corrected chi connectivity index (χ4v) is 0.821. The first-order valence-electron chi connectivity index (χ1n) is 5.47. The Hall–Kier alpha value is -1.56. The van der Waals surface area contributed by atoms with Gasteiger partial charge in [0, 0.05) is 0 Å². The van der Waals surface area contributed by atoms with Gasteiger partial charge in [0.1, 0.15) is 0 Å². The highest BCUT2D eigenvalue weighted by atomic mass is 14.2. The molecule has 0 atom stereocenters. The first kappa shape index (κ1) is 14.4. The number of hydrogen-bond donors (Lipinski definition) is 0. The quantitative estimate of drug-likeness (QED) is 0.565. The van der Waals surface area contributed by atoms with Crippen molar-refractivity contribution in [2.75, 3.05) is 0 Å². The van der Waals surface area contributed by atoms with E-state index >= 15 is 0 Å². The third kappa shape index (κ3) is 7.81. The van der Waals surface area contributed by atoms with Crippen molar-refractivity contribution in [1.29, 1.82) is 0 Å². The predicted molar refractivity (Wildman–Crippen MR) is 75.4 cm³/mol. The van der Waals surface area contributed by atoms with Gasteiger partial charge >= 0.3 is 0 Å². The summed E-state index contributed by atoms with van der Waals surface area (Å²) in [6.07, 6.45) is 17.6. The summed E-state index contributed by atoms with van der Waals surface area (Å²) in [4.78, 5) is 0. The molecule has 0 heterocycles. The average Bonchev–Trinajstić information content (AvgIpc) is 2.20. The largest absolute Gasteiger partial charge is 0.0991 e. The van der Waals surface area contributed by atoms with Gasteiger partial charge in [-0.05, 0) is 11.0 Å². The maximum atomic E-state index is 4.02. The lowest BCUT2D eigenvalue weighted by Crippen LogP contribution is -2.05. The van der Waals surface area contributed by atoms with Gasteiger partial charge in [-0.15, -0.1) is 0 Å². The van der Waals surface area contributed by atoms with Crippen LogP contribution in [0.5, 0.6) is 0 Å². The van der Waals surface area contributed by atoms with Gasteiger partial charge in [-0.3, -0.25) is 0 Å². The smallest absolute Gasteiger partial charge is 0.0138 e. The van der Waals surface area contributed by atoms with Crippen LogP contribution >= 0.6 is 0 Å². The second-order valence-electron chi connectivity index (χ2n) is 4.52. The molecule has 0 aliphatic heterocycles.